The third-order valence-electron chi connectivity index (χ3n) is 3.58. The van der Waals surface area contributed by atoms with Gasteiger partial charge in [0.1, 0.15) is 0 Å². The van der Waals surface area contributed by atoms with Crippen LogP contribution in [0.2, 0.25) is 18.1 Å². The minimum Gasteiger partial charge on any atom is -0.269 e. The summed E-state index contributed by atoms with van der Waals surface area (Å²) in [6.07, 6.45) is 3.29. The van der Waals surface area contributed by atoms with Crippen molar-refractivity contribution >= 4 is 27.9 Å². The van der Waals surface area contributed by atoms with Crippen LogP contribution in [0.25, 0.3) is 0 Å². The first-order chi connectivity index (χ1) is 8.37. The molecule has 0 aliphatic rings. The second-order valence-electron chi connectivity index (χ2n) is 6.61. The zero-order valence-electron chi connectivity index (χ0n) is 12.8. The molecule has 0 amide bonds. The van der Waals surface area contributed by atoms with E-state index in [1.54, 1.807) is 17.1 Å². The normalized spacial score (nSPS) is 16.5. The maximum Gasteiger partial charge on any atom is 0.194 e. The van der Waals surface area contributed by atoms with Crippen molar-refractivity contribution in [1.82, 2.24) is 9.78 Å². The number of rotatable bonds is 3. The van der Waals surface area contributed by atoms with Crippen molar-refractivity contribution in [2.75, 3.05) is 0 Å². The maximum absolute atomic E-state index is 12.7. The summed E-state index contributed by atoms with van der Waals surface area (Å²) in [4.78, 5) is 0.507. The number of hydrogen-bond donors (Lipinski definition) is 0. The summed E-state index contributed by atoms with van der Waals surface area (Å²) in [5.74, 6) is 0. The van der Waals surface area contributed by atoms with E-state index in [9.17, 15) is 4.21 Å². The van der Waals surface area contributed by atoms with E-state index in [0.29, 0.717) is 4.90 Å². The van der Waals surface area contributed by atoms with Gasteiger partial charge in [-0.05, 0) is 32.0 Å². The smallest absolute Gasteiger partial charge is 0.194 e. The van der Waals surface area contributed by atoms with E-state index >= 15 is 0 Å². The van der Waals surface area contributed by atoms with Crippen molar-refractivity contribution in [2.45, 2.75) is 63.7 Å². The summed E-state index contributed by atoms with van der Waals surface area (Å²) in [5.41, 5.74) is 0. The first kappa shape index (κ1) is 16.7. The van der Waals surface area contributed by atoms with Crippen LogP contribution in [-0.2, 0) is 8.94 Å². The summed E-state index contributed by atoms with van der Waals surface area (Å²) < 4.78 is 18.9. The second kappa shape index (κ2) is 5.22. The zero-order chi connectivity index (χ0) is 15.1. The van der Waals surface area contributed by atoms with Gasteiger partial charge < -0.3 is 0 Å². The van der Waals surface area contributed by atoms with Gasteiger partial charge in [-0.1, -0.05) is 20.8 Å². The lowest BCUT2D eigenvalue weighted by molar-refractivity contribution is 0.531. The van der Waals surface area contributed by atoms with Crippen LogP contribution in [0.3, 0.4) is 0 Å². The van der Waals surface area contributed by atoms with E-state index in [-0.39, 0.29) is 11.1 Å². The third-order valence-corrected chi connectivity index (χ3v) is 12.0. The number of halogens is 1. The SMILES string of the molecule is CC(C)n1cc(S(=O)(Cl)=N[Si](C)(C)C(C)(C)C)cn1. The third kappa shape index (κ3) is 3.83. The number of nitrogens with zero attached hydrogens (tertiary/aromatic N) is 3. The number of aromatic nitrogens is 2. The molecule has 19 heavy (non-hydrogen) atoms. The van der Waals surface area contributed by atoms with Crippen LogP contribution >= 0.6 is 10.7 Å². The van der Waals surface area contributed by atoms with Gasteiger partial charge in [0, 0.05) is 22.9 Å². The highest BCUT2D eigenvalue weighted by Crippen LogP contribution is 2.38. The van der Waals surface area contributed by atoms with E-state index < -0.39 is 17.2 Å². The minimum absolute atomic E-state index is 0.0125. The lowest BCUT2D eigenvalue weighted by atomic mass is 10.2. The fraction of sp³-hybridized carbons (Fsp3) is 0.750. The first-order valence-electron chi connectivity index (χ1n) is 6.39. The molecule has 4 nitrogen and oxygen atoms in total. The Kier molecular flexibility index (Phi) is 4.59. The molecule has 0 N–H and O–H groups in total. The van der Waals surface area contributed by atoms with Crippen molar-refractivity contribution in [1.29, 1.82) is 0 Å². The Labute approximate surface area is 122 Å². The molecule has 7 heteroatoms. The van der Waals surface area contributed by atoms with Gasteiger partial charge in [-0.15, -0.1) is 0 Å². The zero-order valence-corrected chi connectivity index (χ0v) is 15.3. The van der Waals surface area contributed by atoms with Crippen LogP contribution < -0.4 is 0 Å². The average molecular weight is 322 g/mol. The van der Waals surface area contributed by atoms with E-state index in [4.69, 9.17) is 10.7 Å². The largest absolute Gasteiger partial charge is 0.269 e. The standard InChI is InChI=1S/C12H24ClN3OSSi/c1-10(2)16-9-11(8-14-16)18(13,17)15-19(6,7)12(3,4)5/h8-10H,1-7H3. The van der Waals surface area contributed by atoms with Gasteiger partial charge in [0.2, 0.25) is 0 Å². The van der Waals surface area contributed by atoms with Crippen LogP contribution in [0, 0.1) is 0 Å². The predicted molar refractivity (Wildman–Crippen MR) is 84.5 cm³/mol. The van der Waals surface area contributed by atoms with Crippen LogP contribution in [0.4, 0.5) is 0 Å². The molecule has 110 valence electrons. The fourth-order valence-electron chi connectivity index (χ4n) is 1.22. The van der Waals surface area contributed by atoms with Crippen LogP contribution in [-0.4, -0.2) is 22.2 Å². The highest BCUT2D eigenvalue weighted by Gasteiger charge is 2.37. The molecule has 0 saturated carbocycles. The molecule has 1 unspecified atom stereocenters. The molecule has 1 rings (SSSR count). The van der Waals surface area contributed by atoms with Gasteiger partial charge in [-0.2, -0.15) is 5.10 Å². The molecule has 0 spiro atoms. The summed E-state index contributed by atoms with van der Waals surface area (Å²) in [7, 11) is 1.26. The Bertz CT molecular complexity index is 566. The quantitative estimate of drug-likeness (QED) is 0.610. The average Bonchev–Trinajstić information content (AvgIpc) is 2.62. The highest BCUT2D eigenvalue weighted by atomic mass is 35.7. The Balaban J connectivity index is 3.27. The predicted octanol–water partition coefficient (Wildman–Crippen LogP) is 4.45. The van der Waals surface area contributed by atoms with Gasteiger partial charge in [0.15, 0.2) is 17.2 Å². The molecule has 0 aliphatic heterocycles. The molecule has 0 radical (unpaired) electrons. The maximum atomic E-state index is 12.7. The van der Waals surface area contributed by atoms with Crippen LogP contribution in [0.1, 0.15) is 40.7 Å². The van der Waals surface area contributed by atoms with E-state index in [1.165, 1.54) is 0 Å². The molecule has 0 fully saturated rings. The van der Waals surface area contributed by atoms with Crippen molar-refractivity contribution in [3.05, 3.63) is 12.4 Å². The summed E-state index contributed by atoms with van der Waals surface area (Å²) in [6, 6.07) is 0.216. The van der Waals surface area contributed by atoms with E-state index in [0.717, 1.165) is 0 Å². The van der Waals surface area contributed by atoms with Crippen molar-refractivity contribution in [2.24, 2.45) is 4.03 Å². The molecule has 1 aromatic heterocycles. The van der Waals surface area contributed by atoms with Gasteiger partial charge in [0.05, 0.1) is 11.1 Å². The van der Waals surface area contributed by atoms with Gasteiger partial charge in [-0.3, -0.25) is 8.71 Å². The lowest BCUT2D eigenvalue weighted by Crippen LogP contribution is -2.35. The first-order valence-corrected chi connectivity index (χ1v) is 11.7. The van der Waals surface area contributed by atoms with Gasteiger partial charge in [0.25, 0.3) is 0 Å². The van der Waals surface area contributed by atoms with Crippen LogP contribution in [0.5, 0.6) is 0 Å². The second-order valence-corrected chi connectivity index (χ2v) is 14.6. The summed E-state index contributed by atoms with van der Waals surface area (Å²) >= 11 is 0. The van der Waals surface area contributed by atoms with Gasteiger partial charge >= 0.3 is 0 Å². The molecule has 1 aromatic rings. The monoisotopic (exact) mass is 321 g/mol. The van der Waals surface area contributed by atoms with E-state index in [2.05, 4.69) is 43.0 Å². The molecular weight excluding hydrogens is 298 g/mol. The van der Waals surface area contributed by atoms with Crippen molar-refractivity contribution < 1.29 is 4.21 Å². The molecule has 0 bridgehead atoms. The Morgan fingerprint density at radius 3 is 2.32 bits per heavy atom. The molecule has 0 aliphatic carbocycles. The Morgan fingerprint density at radius 2 is 1.95 bits per heavy atom. The minimum atomic E-state index is -2.89. The summed E-state index contributed by atoms with van der Waals surface area (Å²) in [5, 5.41) is 4.20. The molecule has 0 aromatic carbocycles. The van der Waals surface area contributed by atoms with Crippen molar-refractivity contribution in [3.63, 3.8) is 0 Å². The lowest BCUT2D eigenvalue weighted by Gasteiger charge is -2.32. The topological polar surface area (TPSA) is 47.2 Å². The molecule has 1 atom stereocenters. The summed E-state index contributed by atoms with van der Waals surface area (Å²) in [6.45, 7) is 14.5. The van der Waals surface area contributed by atoms with E-state index in [1.807, 2.05) is 13.8 Å². The number of hydrogen-bond acceptors (Lipinski definition) is 3. The Morgan fingerprint density at radius 1 is 1.42 bits per heavy atom. The van der Waals surface area contributed by atoms with Crippen LogP contribution in [0.15, 0.2) is 21.3 Å². The molecule has 0 saturated heterocycles. The van der Waals surface area contributed by atoms with Crippen molar-refractivity contribution in [3.8, 4) is 0 Å². The van der Waals surface area contributed by atoms with Gasteiger partial charge in [-0.25, -0.2) is 4.21 Å². The Hall–Kier alpha value is -0.333. The molecular formula is C12H24ClN3OSSi. The fourth-order valence-corrected chi connectivity index (χ4v) is 7.29. The highest BCUT2D eigenvalue weighted by molar-refractivity contribution is 8.16. The molecule has 1 heterocycles.